The van der Waals surface area contributed by atoms with Gasteiger partial charge in [0.1, 0.15) is 5.82 Å². The van der Waals surface area contributed by atoms with Gasteiger partial charge < -0.3 is 9.88 Å². The van der Waals surface area contributed by atoms with E-state index < -0.39 is 0 Å². The molecule has 0 spiro atoms. The van der Waals surface area contributed by atoms with Crippen LogP contribution in [0, 0.1) is 18.8 Å². The Morgan fingerprint density at radius 1 is 1.14 bits per heavy atom. The molecule has 1 saturated heterocycles. The Balaban J connectivity index is 1.29. The average molecular weight is 394 g/mol. The van der Waals surface area contributed by atoms with Crippen molar-refractivity contribution in [1.29, 1.82) is 0 Å². The van der Waals surface area contributed by atoms with Gasteiger partial charge in [0.2, 0.25) is 5.82 Å². The van der Waals surface area contributed by atoms with Crippen molar-refractivity contribution in [3.8, 4) is 0 Å². The predicted octanol–water partition coefficient (Wildman–Crippen LogP) is 3.20. The van der Waals surface area contributed by atoms with Crippen molar-refractivity contribution in [2.75, 3.05) is 18.4 Å². The van der Waals surface area contributed by atoms with Crippen LogP contribution >= 0.6 is 11.3 Å². The maximum absolute atomic E-state index is 12.7. The van der Waals surface area contributed by atoms with E-state index in [0.717, 1.165) is 44.1 Å². The summed E-state index contributed by atoms with van der Waals surface area (Å²) in [4.78, 5) is 16.7. The second-order valence-corrected chi connectivity index (χ2v) is 8.82. The van der Waals surface area contributed by atoms with Gasteiger partial charge in [-0.15, -0.1) is 21.5 Å². The molecule has 0 saturated carbocycles. The number of rotatable bonds is 4. The van der Waals surface area contributed by atoms with Gasteiger partial charge in [-0.3, -0.25) is 9.69 Å². The lowest BCUT2D eigenvalue weighted by molar-refractivity contribution is 0.100. The number of para-hydroxylation sites is 1. The van der Waals surface area contributed by atoms with E-state index in [9.17, 15) is 4.79 Å². The molecule has 0 bridgehead atoms. The summed E-state index contributed by atoms with van der Waals surface area (Å²) in [5, 5.41) is 13.6. The van der Waals surface area contributed by atoms with E-state index in [1.807, 2.05) is 46.2 Å². The molecule has 2 atom stereocenters. The third-order valence-corrected chi connectivity index (χ3v) is 6.92. The topological polar surface area (TPSA) is 63.1 Å². The highest BCUT2D eigenvalue weighted by atomic mass is 32.1. The molecule has 0 unspecified atom stereocenters. The lowest BCUT2D eigenvalue weighted by Gasteiger charge is -2.25. The Labute approximate surface area is 168 Å². The van der Waals surface area contributed by atoms with Crippen LogP contribution in [0.1, 0.15) is 26.9 Å². The van der Waals surface area contributed by atoms with Crippen LogP contribution < -0.4 is 5.32 Å². The van der Waals surface area contributed by atoms with E-state index in [0.29, 0.717) is 17.7 Å². The first-order chi connectivity index (χ1) is 13.7. The molecule has 7 heteroatoms. The quantitative estimate of drug-likeness (QED) is 0.739. The lowest BCUT2D eigenvalue weighted by atomic mass is 9.89. The highest BCUT2D eigenvalue weighted by Crippen LogP contribution is 2.34. The number of nitrogens with zero attached hydrogens (tertiary/aromatic N) is 4. The molecule has 2 aliphatic heterocycles. The summed E-state index contributed by atoms with van der Waals surface area (Å²) in [6.45, 7) is 6.20. The summed E-state index contributed by atoms with van der Waals surface area (Å²) in [6.07, 6.45) is 0.899. The molecule has 1 amide bonds. The minimum absolute atomic E-state index is 0.188. The number of amides is 1. The van der Waals surface area contributed by atoms with E-state index in [2.05, 4.69) is 38.8 Å². The van der Waals surface area contributed by atoms with E-state index in [1.165, 1.54) is 10.4 Å². The van der Waals surface area contributed by atoms with Crippen LogP contribution in [0.2, 0.25) is 0 Å². The van der Waals surface area contributed by atoms with Crippen molar-refractivity contribution in [1.82, 2.24) is 19.7 Å². The van der Waals surface area contributed by atoms with Gasteiger partial charge in [-0.2, -0.15) is 0 Å². The maximum atomic E-state index is 12.7. The smallest absolute Gasteiger partial charge is 0.293 e. The normalized spacial score (nSPS) is 21.3. The van der Waals surface area contributed by atoms with Crippen LogP contribution in [0.5, 0.6) is 0 Å². The van der Waals surface area contributed by atoms with E-state index in [1.54, 1.807) is 0 Å². The molecule has 3 aromatic rings. The van der Waals surface area contributed by atoms with Gasteiger partial charge >= 0.3 is 0 Å². The zero-order valence-corrected chi connectivity index (χ0v) is 16.7. The summed E-state index contributed by atoms with van der Waals surface area (Å²) in [7, 11) is 0. The number of anilines is 1. The standard InChI is InChI=1S/C21H23N5OS/c1-14-7-8-28-18(14)13-25-10-15-9-19-23-24-20(26(19)12-16(15)11-25)21(27)22-17-5-3-2-4-6-17/h2-8,15-16H,9-13H2,1H3,(H,22,27)/t15-,16-/m0/s1. The Morgan fingerprint density at radius 2 is 1.96 bits per heavy atom. The average Bonchev–Trinajstić information content (AvgIpc) is 3.39. The fourth-order valence-corrected chi connectivity index (χ4v) is 5.34. The van der Waals surface area contributed by atoms with Gasteiger partial charge in [0.25, 0.3) is 5.91 Å². The number of likely N-dealkylation sites (tertiary alicyclic amines) is 1. The summed E-state index contributed by atoms with van der Waals surface area (Å²) in [5.74, 6) is 2.32. The van der Waals surface area contributed by atoms with E-state index in [-0.39, 0.29) is 5.91 Å². The van der Waals surface area contributed by atoms with E-state index >= 15 is 0 Å². The summed E-state index contributed by atoms with van der Waals surface area (Å²) in [6, 6.07) is 11.7. The molecule has 6 nitrogen and oxygen atoms in total. The predicted molar refractivity (Wildman–Crippen MR) is 109 cm³/mol. The molecular weight excluding hydrogens is 370 g/mol. The number of aryl methyl sites for hydroxylation is 1. The number of nitrogens with one attached hydrogen (secondary N) is 1. The van der Waals surface area contributed by atoms with Gasteiger partial charge in [-0.25, -0.2) is 0 Å². The number of carbonyl (C=O) groups excluding carboxylic acids is 1. The number of fused-ring (bicyclic) bond motifs is 2. The van der Waals surface area contributed by atoms with Gasteiger partial charge in [0.05, 0.1) is 0 Å². The van der Waals surface area contributed by atoms with Crippen molar-refractivity contribution in [3.63, 3.8) is 0 Å². The summed E-state index contributed by atoms with van der Waals surface area (Å²) < 4.78 is 2.03. The number of aromatic nitrogens is 3. The molecule has 1 N–H and O–H groups in total. The molecule has 4 heterocycles. The van der Waals surface area contributed by atoms with Gasteiger partial charge in [-0.05, 0) is 47.9 Å². The molecule has 2 aliphatic rings. The summed E-state index contributed by atoms with van der Waals surface area (Å²) >= 11 is 1.84. The van der Waals surface area contributed by atoms with Crippen molar-refractivity contribution in [2.45, 2.75) is 26.4 Å². The van der Waals surface area contributed by atoms with E-state index in [4.69, 9.17) is 0 Å². The van der Waals surface area contributed by atoms with Crippen LogP contribution in [0.4, 0.5) is 5.69 Å². The zero-order valence-electron chi connectivity index (χ0n) is 15.8. The van der Waals surface area contributed by atoms with Crippen LogP contribution in [-0.4, -0.2) is 38.7 Å². The van der Waals surface area contributed by atoms with Gasteiger partial charge in [0.15, 0.2) is 0 Å². The maximum Gasteiger partial charge on any atom is 0.293 e. The monoisotopic (exact) mass is 393 g/mol. The van der Waals surface area contributed by atoms with Crippen LogP contribution in [-0.2, 0) is 19.5 Å². The molecule has 5 rings (SSSR count). The van der Waals surface area contributed by atoms with Crippen LogP contribution in [0.3, 0.4) is 0 Å². The first-order valence-corrected chi connectivity index (χ1v) is 10.6. The van der Waals surface area contributed by atoms with Crippen molar-refractivity contribution < 1.29 is 4.79 Å². The minimum atomic E-state index is -0.188. The Morgan fingerprint density at radius 3 is 2.75 bits per heavy atom. The Kier molecular flexibility index (Phi) is 4.49. The lowest BCUT2D eigenvalue weighted by Crippen LogP contribution is -2.31. The van der Waals surface area contributed by atoms with Gasteiger partial charge in [-0.1, -0.05) is 18.2 Å². The Hall–Kier alpha value is -2.51. The molecular formula is C21H23N5OS. The second-order valence-electron chi connectivity index (χ2n) is 7.82. The molecule has 1 aromatic carbocycles. The Bertz CT molecular complexity index is 995. The summed E-state index contributed by atoms with van der Waals surface area (Å²) in [5.41, 5.74) is 2.16. The largest absolute Gasteiger partial charge is 0.319 e. The number of hydrogen-bond acceptors (Lipinski definition) is 5. The second kappa shape index (κ2) is 7.14. The molecule has 2 aromatic heterocycles. The molecule has 0 aliphatic carbocycles. The van der Waals surface area contributed by atoms with Crippen molar-refractivity contribution in [3.05, 3.63) is 63.9 Å². The SMILES string of the molecule is Cc1ccsc1CN1C[C@@H]2Cc3nnc(C(=O)Nc4ccccc4)n3C[C@@H]2C1. The first-order valence-electron chi connectivity index (χ1n) is 9.71. The van der Waals surface area contributed by atoms with Crippen LogP contribution in [0.15, 0.2) is 41.8 Å². The highest BCUT2D eigenvalue weighted by Gasteiger charge is 2.39. The molecule has 0 radical (unpaired) electrons. The van der Waals surface area contributed by atoms with Crippen molar-refractivity contribution in [2.24, 2.45) is 11.8 Å². The third kappa shape index (κ3) is 3.25. The fraction of sp³-hybridized carbons (Fsp3) is 0.381. The zero-order chi connectivity index (χ0) is 19.1. The fourth-order valence-electron chi connectivity index (χ4n) is 4.40. The molecule has 28 heavy (non-hydrogen) atoms. The first kappa shape index (κ1) is 17.6. The number of hydrogen-bond donors (Lipinski definition) is 1. The number of carbonyl (C=O) groups is 1. The minimum Gasteiger partial charge on any atom is -0.319 e. The number of thiophene rings is 1. The van der Waals surface area contributed by atoms with Crippen molar-refractivity contribution >= 4 is 22.9 Å². The van der Waals surface area contributed by atoms with Gasteiger partial charge in [0, 0.05) is 43.2 Å². The third-order valence-electron chi connectivity index (χ3n) is 5.91. The molecule has 1 fully saturated rings. The molecule has 144 valence electrons. The van der Waals surface area contributed by atoms with Crippen LogP contribution in [0.25, 0.3) is 0 Å². The highest BCUT2D eigenvalue weighted by molar-refractivity contribution is 7.10. The number of benzene rings is 1.